The Kier molecular flexibility index (Phi) is 4.22. The lowest BCUT2D eigenvalue weighted by Crippen LogP contribution is -2.61. The molecule has 16 heavy (non-hydrogen) atoms. The van der Waals surface area contributed by atoms with Crippen molar-refractivity contribution in [3.63, 3.8) is 0 Å². The predicted octanol–water partition coefficient (Wildman–Crippen LogP) is 1.63. The molecule has 0 aromatic heterocycles. The van der Waals surface area contributed by atoms with E-state index in [1.807, 2.05) is 0 Å². The second-order valence-electron chi connectivity index (χ2n) is 5.43. The van der Waals surface area contributed by atoms with Gasteiger partial charge in [0.05, 0.1) is 12.2 Å². The van der Waals surface area contributed by atoms with Crippen LogP contribution in [0.5, 0.6) is 0 Å². The van der Waals surface area contributed by atoms with E-state index in [-0.39, 0.29) is 0 Å². The Balaban J connectivity index is 1.94. The third-order valence-corrected chi connectivity index (χ3v) is 3.85. The summed E-state index contributed by atoms with van der Waals surface area (Å²) >= 11 is 0. The fourth-order valence-corrected chi connectivity index (χ4v) is 3.07. The van der Waals surface area contributed by atoms with Gasteiger partial charge in [-0.1, -0.05) is 6.92 Å². The lowest BCUT2D eigenvalue weighted by Gasteiger charge is -2.46. The molecule has 0 aromatic rings. The minimum absolute atomic E-state index is 0.432. The smallest absolute Gasteiger partial charge is 0.0565 e. The van der Waals surface area contributed by atoms with Crippen LogP contribution >= 0.6 is 0 Å². The van der Waals surface area contributed by atoms with Gasteiger partial charge in [-0.2, -0.15) is 0 Å². The third kappa shape index (κ3) is 2.76. The highest BCUT2D eigenvalue weighted by molar-refractivity contribution is 4.91. The van der Waals surface area contributed by atoms with Crippen LogP contribution in [0, 0.1) is 0 Å². The molecule has 94 valence electrons. The van der Waals surface area contributed by atoms with Gasteiger partial charge in [0.15, 0.2) is 0 Å². The summed E-state index contributed by atoms with van der Waals surface area (Å²) in [6, 6.07) is 1.52. The van der Waals surface area contributed by atoms with Crippen molar-refractivity contribution in [1.29, 1.82) is 0 Å². The van der Waals surface area contributed by atoms with E-state index in [9.17, 15) is 0 Å². The number of ether oxygens (including phenoxy) is 1. The Labute approximate surface area is 99.5 Å². The largest absolute Gasteiger partial charge is 0.375 e. The first-order chi connectivity index (χ1) is 7.70. The molecule has 2 saturated heterocycles. The summed E-state index contributed by atoms with van der Waals surface area (Å²) in [4.78, 5) is 2.73. The Hall–Kier alpha value is -0.120. The van der Waals surface area contributed by atoms with Crippen molar-refractivity contribution in [2.24, 2.45) is 0 Å². The van der Waals surface area contributed by atoms with Crippen molar-refractivity contribution in [2.45, 2.75) is 64.3 Å². The van der Waals surface area contributed by atoms with E-state index < -0.39 is 0 Å². The van der Waals surface area contributed by atoms with Crippen LogP contribution in [0.2, 0.25) is 0 Å². The molecule has 3 nitrogen and oxygen atoms in total. The average molecular weight is 226 g/mol. The lowest BCUT2D eigenvalue weighted by atomic mass is 9.95. The number of hydrogen-bond acceptors (Lipinski definition) is 3. The van der Waals surface area contributed by atoms with Crippen molar-refractivity contribution >= 4 is 0 Å². The van der Waals surface area contributed by atoms with Crippen molar-refractivity contribution < 1.29 is 4.74 Å². The normalized spacial score (nSPS) is 36.4. The topological polar surface area (TPSA) is 24.5 Å². The minimum atomic E-state index is 0.432. The number of nitrogens with one attached hydrogen (secondary N) is 1. The van der Waals surface area contributed by atoms with Crippen LogP contribution < -0.4 is 5.32 Å². The van der Waals surface area contributed by atoms with E-state index in [2.05, 4.69) is 31.0 Å². The zero-order valence-electron chi connectivity index (χ0n) is 10.9. The van der Waals surface area contributed by atoms with E-state index in [4.69, 9.17) is 4.74 Å². The minimum Gasteiger partial charge on any atom is -0.375 e. The quantitative estimate of drug-likeness (QED) is 0.788. The van der Waals surface area contributed by atoms with Gasteiger partial charge in [-0.15, -0.1) is 0 Å². The SMILES string of the molecule is CCCN(C1CNC1)C1CC(C)OC(C)C1. The molecule has 0 bridgehead atoms. The van der Waals surface area contributed by atoms with Gasteiger partial charge >= 0.3 is 0 Å². The molecule has 2 aliphatic rings. The summed E-state index contributed by atoms with van der Waals surface area (Å²) in [7, 11) is 0. The molecule has 2 fully saturated rings. The molecule has 2 atom stereocenters. The van der Waals surface area contributed by atoms with Crippen LogP contribution in [0.1, 0.15) is 40.0 Å². The number of rotatable bonds is 4. The third-order valence-electron chi connectivity index (χ3n) is 3.85. The van der Waals surface area contributed by atoms with Gasteiger partial charge in [-0.05, 0) is 39.7 Å². The maximum atomic E-state index is 5.83. The maximum absolute atomic E-state index is 5.83. The van der Waals surface area contributed by atoms with Crippen molar-refractivity contribution in [3.05, 3.63) is 0 Å². The molecule has 1 N–H and O–H groups in total. The van der Waals surface area contributed by atoms with Gasteiger partial charge in [-0.25, -0.2) is 0 Å². The van der Waals surface area contributed by atoms with Gasteiger partial charge in [0.1, 0.15) is 0 Å². The van der Waals surface area contributed by atoms with Gasteiger partial charge in [0.2, 0.25) is 0 Å². The molecule has 0 radical (unpaired) electrons. The molecule has 0 saturated carbocycles. The summed E-state index contributed by atoms with van der Waals surface area (Å²) in [6.45, 7) is 10.3. The van der Waals surface area contributed by atoms with Crippen LogP contribution in [-0.4, -0.2) is 48.8 Å². The van der Waals surface area contributed by atoms with Crippen LogP contribution in [0.3, 0.4) is 0 Å². The first kappa shape index (κ1) is 12.3. The highest BCUT2D eigenvalue weighted by atomic mass is 16.5. The van der Waals surface area contributed by atoms with Gasteiger partial charge in [-0.3, -0.25) is 4.90 Å². The second kappa shape index (κ2) is 5.48. The van der Waals surface area contributed by atoms with E-state index in [0.717, 1.165) is 12.1 Å². The van der Waals surface area contributed by atoms with E-state index in [0.29, 0.717) is 12.2 Å². The van der Waals surface area contributed by atoms with Crippen LogP contribution in [0.25, 0.3) is 0 Å². The lowest BCUT2D eigenvalue weighted by molar-refractivity contribution is -0.0760. The summed E-state index contributed by atoms with van der Waals surface area (Å²) in [5.74, 6) is 0. The molecule has 0 aliphatic carbocycles. The summed E-state index contributed by atoms with van der Waals surface area (Å²) in [5, 5.41) is 3.39. The van der Waals surface area contributed by atoms with Crippen molar-refractivity contribution in [1.82, 2.24) is 10.2 Å². The average Bonchev–Trinajstić information content (AvgIpc) is 2.12. The first-order valence-corrected chi connectivity index (χ1v) is 6.82. The monoisotopic (exact) mass is 226 g/mol. The zero-order valence-corrected chi connectivity index (χ0v) is 10.9. The fraction of sp³-hybridized carbons (Fsp3) is 1.00. The van der Waals surface area contributed by atoms with Crippen molar-refractivity contribution in [3.8, 4) is 0 Å². The summed E-state index contributed by atoms with van der Waals surface area (Å²) in [5.41, 5.74) is 0. The molecular weight excluding hydrogens is 200 g/mol. The molecule has 0 aromatic carbocycles. The number of nitrogens with zero attached hydrogens (tertiary/aromatic N) is 1. The maximum Gasteiger partial charge on any atom is 0.0565 e. The molecule has 2 heterocycles. The Morgan fingerprint density at radius 1 is 1.12 bits per heavy atom. The van der Waals surface area contributed by atoms with Crippen LogP contribution in [0.4, 0.5) is 0 Å². The van der Waals surface area contributed by atoms with Crippen LogP contribution in [-0.2, 0) is 4.74 Å². The highest BCUT2D eigenvalue weighted by Gasteiger charge is 2.34. The first-order valence-electron chi connectivity index (χ1n) is 6.82. The van der Waals surface area contributed by atoms with E-state index in [1.165, 1.54) is 38.9 Å². The van der Waals surface area contributed by atoms with Crippen LogP contribution in [0.15, 0.2) is 0 Å². The molecule has 0 spiro atoms. The number of hydrogen-bond donors (Lipinski definition) is 1. The molecule has 3 heteroatoms. The van der Waals surface area contributed by atoms with Gasteiger partial charge < -0.3 is 10.1 Å². The summed E-state index contributed by atoms with van der Waals surface area (Å²) < 4.78 is 5.83. The zero-order chi connectivity index (χ0) is 11.5. The van der Waals surface area contributed by atoms with E-state index in [1.54, 1.807) is 0 Å². The summed E-state index contributed by atoms with van der Waals surface area (Å²) in [6.07, 6.45) is 4.54. The van der Waals surface area contributed by atoms with Gasteiger partial charge in [0.25, 0.3) is 0 Å². The highest BCUT2D eigenvalue weighted by Crippen LogP contribution is 2.26. The van der Waals surface area contributed by atoms with Crippen molar-refractivity contribution in [2.75, 3.05) is 19.6 Å². The second-order valence-corrected chi connectivity index (χ2v) is 5.43. The van der Waals surface area contributed by atoms with Gasteiger partial charge in [0, 0.05) is 25.2 Å². The standard InChI is InChI=1S/C13H26N2O/c1-4-5-15(13-8-14-9-13)12-6-10(2)16-11(3)7-12/h10-14H,4-9H2,1-3H3. The Morgan fingerprint density at radius 2 is 1.75 bits per heavy atom. The molecule has 2 unspecified atom stereocenters. The molecular formula is C13H26N2O. The Morgan fingerprint density at radius 3 is 2.19 bits per heavy atom. The molecule has 2 aliphatic heterocycles. The van der Waals surface area contributed by atoms with E-state index >= 15 is 0 Å². The molecule has 2 rings (SSSR count). The predicted molar refractivity (Wildman–Crippen MR) is 66.7 cm³/mol. The molecule has 0 amide bonds. The fourth-order valence-electron chi connectivity index (χ4n) is 3.07. The Bertz CT molecular complexity index is 208.